The van der Waals surface area contributed by atoms with Gasteiger partial charge in [-0.1, -0.05) is 19.9 Å². The second-order valence-corrected chi connectivity index (χ2v) is 9.88. The summed E-state index contributed by atoms with van der Waals surface area (Å²) in [5.41, 5.74) is 4.08. The van der Waals surface area contributed by atoms with Crippen molar-refractivity contribution in [2.75, 3.05) is 20.3 Å². The maximum Gasteiger partial charge on any atom is 0.325 e. The fourth-order valence-electron chi connectivity index (χ4n) is 4.24. The van der Waals surface area contributed by atoms with Gasteiger partial charge in [0.25, 0.3) is 5.56 Å². The molecule has 2 heterocycles. The van der Waals surface area contributed by atoms with Crippen LogP contribution >= 0.6 is 0 Å². The van der Waals surface area contributed by atoms with Crippen molar-refractivity contribution >= 4 is 17.0 Å². The van der Waals surface area contributed by atoms with Gasteiger partial charge in [0.2, 0.25) is 0 Å². The number of aromatic nitrogens is 3. The molecule has 2 aromatic heterocycles. The lowest BCUT2D eigenvalue weighted by Gasteiger charge is -2.21. The van der Waals surface area contributed by atoms with Crippen LogP contribution < -0.4 is 10.9 Å². The van der Waals surface area contributed by atoms with Gasteiger partial charge in [-0.05, 0) is 50.5 Å². The standard InChI is InChI=1S/C27H38N4O5/c1-16(2)14-36-27(34)24(19(5)32)28-12-20-8-9-23-22(11-20)29-25(31(23)18(4)15-35-7)21-10-17(3)26(33)30(6)13-21/h8-11,13,16,18-19,24,28,32H,12,14-15H2,1-7H3/t18-,19?,24?/m0/s1. The number of benzene rings is 1. The third-order valence-electron chi connectivity index (χ3n) is 6.04. The summed E-state index contributed by atoms with van der Waals surface area (Å²) in [5.74, 6) is 0.494. The van der Waals surface area contributed by atoms with Crippen LogP contribution in [0.2, 0.25) is 0 Å². The van der Waals surface area contributed by atoms with Crippen LogP contribution in [0.5, 0.6) is 0 Å². The van der Waals surface area contributed by atoms with E-state index in [1.807, 2.05) is 38.1 Å². The average molecular weight is 499 g/mol. The molecule has 0 fully saturated rings. The highest BCUT2D eigenvalue weighted by molar-refractivity contribution is 5.81. The number of rotatable bonds is 11. The number of fused-ring (bicyclic) bond motifs is 1. The van der Waals surface area contributed by atoms with Crippen LogP contribution in [0.3, 0.4) is 0 Å². The molecule has 196 valence electrons. The molecule has 1 aromatic carbocycles. The van der Waals surface area contributed by atoms with E-state index in [2.05, 4.69) is 16.8 Å². The van der Waals surface area contributed by atoms with E-state index in [-0.39, 0.29) is 17.5 Å². The number of aryl methyl sites for hydroxylation is 2. The van der Waals surface area contributed by atoms with Crippen LogP contribution in [0, 0.1) is 12.8 Å². The number of aliphatic hydroxyl groups is 1. The summed E-state index contributed by atoms with van der Waals surface area (Å²) in [5, 5.41) is 13.2. The van der Waals surface area contributed by atoms with E-state index in [4.69, 9.17) is 14.5 Å². The zero-order valence-corrected chi connectivity index (χ0v) is 22.2. The molecule has 0 spiro atoms. The van der Waals surface area contributed by atoms with E-state index in [9.17, 15) is 14.7 Å². The second-order valence-electron chi connectivity index (χ2n) is 9.88. The van der Waals surface area contributed by atoms with Crippen molar-refractivity contribution in [2.24, 2.45) is 13.0 Å². The van der Waals surface area contributed by atoms with Gasteiger partial charge in [0.15, 0.2) is 0 Å². The van der Waals surface area contributed by atoms with Gasteiger partial charge in [-0.3, -0.25) is 14.9 Å². The lowest BCUT2D eigenvalue weighted by atomic mass is 10.1. The number of pyridine rings is 1. The Morgan fingerprint density at radius 3 is 2.50 bits per heavy atom. The maximum atomic E-state index is 12.4. The number of aliphatic hydroxyl groups excluding tert-OH is 1. The van der Waals surface area contributed by atoms with Crippen molar-refractivity contribution in [3.05, 3.63) is 51.9 Å². The minimum Gasteiger partial charge on any atom is -0.464 e. The fourth-order valence-corrected chi connectivity index (χ4v) is 4.24. The topological polar surface area (TPSA) is 108 Å². The first-order valence-corrected chi connectivity index (χ1v) is 12.3. The molecular weight excluding hydrogens is 460 g/mol. The lowest BCUT2D eigenvalue weighted by molar-refractivity contribution is -0.150. The molecule has 3 atom stereocenters. The molecule has 0 saturated carbocycles. The Balaban J connectivity index is 1.95. The molecule has 0 aliphatic rings. The number of hydrogen-bond donors (Lipinski definition) is 2. The normalized spacial score (nSPS) is 14.2. The maximum absolute atomic E-state index is 12.4. The van der Waals surface area contributed by atoms with Crippen molar-refractivity contribution in [3.8, 4) is 11.4 Å². The summed E-state index contributed by atoms with van der Waals surface area (Å²) >= 11 is 0. The summed E-state index contributed by atoms with van der Waals surface area (Å²) < 4.78 is 14.4. The Labute approximate surface area is 212 Å². The quantitative estimate of drug-likeness (QED) is 0.391. The molecule has 3 aromatic rings. The lowest BCUT2D eigenvalue weighted by Crippen LogP contribution is -2.45. The van der Waals surface area contributed by atoms with E-state index >= 15 is 0 Å². The highest BCUT2D eigenvalue weighted by Crippen LogP contribution is 2.29. The molecule has 36 heavy (non-hydrogen) atoms. The number of ether oxygens (including phenoxy) is 2. The monoisotopic (exact) mass is 498 g/mol. The predicted octanol–water partition coefficient (Wildman–Crippen LogP) is 2.96. The van der Waals surface area contributed by atoms with E-state index < -0.39 is 18.1 Å². The number of nitrogens with one attached hydrogen (secondary N) is 1. The van der Waals surface area contributed by atoms with Gasteiger partial charge in [0, 0.05) is 38.0 Å². The van der Waals surface area contributed by atoms with Gasteiger partial charge in [-0.15, -0.1) is 0 Å². The van der Waals surface area contributed by atoms with E-state index in [0.717, 1.165) is 28.0 Å². The van der Waals surface area contributed by atoms with Crippen LogP contribution in [0.25, 0.3) is 22.4 Å². The van der Waals surface area contributed by atoms with Gasteiger partial charge in [-0.25, -0.2) is 4.98 Å². The zero-order valence-electron chi connectivity index (χ0n) is 22.2. The number of carbonyl (C=O) groups excluding carboxylic acids is 1. The molecule has 0 bridgehead atoms. The Hall–Kier alpha value is -3.01. The first-order valence-electron chi connectivity index (χ1n) is 12.3. The van der Waals surface area contributed by atoms with Crippen LogP contribution in [-0.4, -0.2) is 57.7 Å². The first-order chi connectivity index (χ1) is 17.0. The van der Waals surface area contributed by atoms with E-state index in [0.29, 0.717) is 25.3 Å². The Bertz CT molecular complexity index is 1230. The number of nitrogens with zero attached hydrogens (tertiary/aromatic N) is 3. The molecule has 2 unspecified atom stereocenters. The van der Waals surface area contributed by atoms with Crippen molar-refractivity contribution in [2.45, 2.75) is 59.4 Å². The Kier molecular flexibility index (Phi) is 9.05. The fraction of sp³-hybridized carbons (Fsp3) is 0.519. The molecule has 0 radical (unpaired) electrons. The highest BCUT2D eigenvalue weighted by atomic mass is 16.5. The van der Waals surface area contributed by atoms with Gasteiger partial charge < -0.3 is 23.7 Å². The van der Waals surface area contributed by atoms with Crippen LogP contribution in [0.4, 0.5) is 0 Å². The molecule has 0 aliphatic heterocycles. The largest absolute Gasteiger partial charge is 0.464 e. The number of carbonyl (C=O) groups is 1. The van der Waals surface area contributed by atoms with E-state index in [1.165, 1.54) is 0 Å². The molecule has 3 rings (SSSR count). The van der Waals surface area contributed by atoms with Crippen molar-refractivity contribution < 1.29 is 19.4 Å². The third-order valence-corrected chi connectivity index (χ3v) is 6.04. The summed E-state index contributed by atoms with van der Waals surface area (Å²) in [6, 6.07) is 6.97. The van der Waals surface area contributed by atoms with Crippen LogP contribution in [0.15, 0.2) is 35.3 Å². The van der Waals surface area contributed by atoms with Gasteiger partial charge in [0.05, 0.1) is 36.4 Å². The molecule has 0 aliphatic carbocycles. The minimum atomic E-state index is -0.901. The first kappa shape index (κ1) is 27.6. The Morgan fingerprint density at radius 2 is 1.89 bits per heavy atom. The number of imidazole rings is 1. The summed E-state index contributed by atoms with van der Waals surface area (Å²) in [7, 11) is 3.40. The predicted molar refractivity (Wildman–Crippen MR) is 140 cm³/mol. The summed E-state index contributed by atoms with van der Waals surface area (Å²) in [4.78, 5) is 29.6. The number of methoxy groups -OCH3 is 1. The third kappa shape index (κ3) is 6.21. The van der Waals surface area contributed by atoms with Gasteiger partial charge in [-0.2, -0.15) is 0 Å². The average Bonchev–Trinajstić information content (AvgIpc) is 3.20. The minimum absolute atomic E-state index is 0.00635. The second kappa shape index (κ2) is 11.8. The summed E-state index contributed by atoms with van der Waals surface area (Å²) in [6.07, 6.45) is 0.896. The smallest absolute Gasteiger partial charge is 0.325 e. The summed E-state index contributed by atoms with van der Waals surface area (Å²) in [6.45, 7) is 10.5. The molecule has 0 amide bonds. The van der Waals surface area contributed by atoms with Gasteiger partial charge >= 0.3 is 5.97 Å². The Morgan fingerprint density at radius 1 is 1.17 bits per heavy atom. The highest BCUT2D eigenvalue weighted by Gasteiger charge is 2.25. The number of esters is 1. The zero-order chi connectivity index (χ0) is 26.6. The van der Waals surface area contributed by atoms with Crippen molar-refractivity contribution in [3.63, 3.8) is 0 Å². The molecule has 0 saturated heterocycles. The SMILES string of the molecule is COC[C@H](C)n1c(-c2cc(C)c(=O)n(C)c2)nc2cc(CNC(C(=O)OCC(C)C)C(C)O)ccc21. The van der Waals surface area contributed by atoms with Crippen molar-refractivity contribution in [1.29, 1.82) is 0 Å². The van der Waals surface area contributed by atoms with Gasteiger partial charge in [0.1, 0.15) is 11.9 Å². The van der Waals surface area contributed by atoms with Crippen LogP contribution in [0.1, 0.15) is 44.9 Å². The molecule has 9 nitrogen and oxygen atoms in total. The molecule has 2 N–H and O–H groups in total. The number of hydrogen-bond acceptors (Lipinski definition) is 7. The van der Waals surface area contributed by atoms with Crippen LogP contribution in [-0.2, 0) is 27.9 Å². The molecule has 9 heteroatoms. The van der Waals surface area contributed by atoms with E-state index in [1.54, 1.807) is 38.8 Å². The molecular formula is C27H38N4O5. The van der Waals surface area contributed by atoms with Crippen molar-refractivity contribution in [1.82, 2.24) is 19.4 Å².